The number of alkyl halides is 3. The van der Waals surface area contributed by atoms with Crippen LogP contribution in [0, 0.1) is 5.82 Å². The number of pyridine rings is 1. The van der Waals surface area contributed by atoms with Crippen LogP contribution in [0.5, 0.6) is 0 Å². The second-order valence-electron chi connectivity index (χ2n) is 8.58. The zero-order valence-corrected chi connectivity index (χ0v) is 21.8. The van der Waals surface area contributed by atoms with Crippen LogP contribution in [0.1, 0.15) is 23.7 Å². The molecule has 39 heavy (non-hydrogen) atoms. The van der Waals surface area contributed by atoms with Gasteiger partial charge in [-0.1, -0.05) is 24.6 Å². The molecule has 0 N–H and O–H groups in total. The number of benzene rings is 2. The summed E-state index contributed by atoms with van der Waals surface area (Å²) >= 11 is 6.16. The predicted molar refractivity (Wildman–Crippen MR) is 138 cm³/mol. The highest BCUT2D eigenvalue weighted by atomic mass is 35.5. The lowest BCUT2D eigenvalue weighted by molar-refractivity contribution is -0.140. The van der Waals surface area contributed by atoms with Gasteiger partial charge in [-0.25, -0.2) is 26.8 Å². The molecule has 0 saturated carbocycles. The highest BCUT2D eigenvalue weighted by molar-refractivity contribution is 7.92. The highest BCUT2D eigenvalue weighted by Crippen LogP contribution is 2.34. The maximum atomic E-state index is 14.4. The molecule has 0 bridgehead atoms. The van der Waals surface area contributed by atoms with Gasteiger partial charge in [0, 0.05) is 18.6 Å². The molecule has 0 unspecified atom stereocenters. The van der Waals surface area contributed by atoms with Gasteiger partial charge in [0.1, 0.15) is 11.5 Å². The van der Waals surface area contributed by atoms with Gasteiger partial charge in [-0.05, 0) is 66.6 Å². The molecule has 0 saturated heterocycles. The fourth-order valence-electron chi connectivity index (χ4n) is 4.23. The Bertz CT molecular complexity index is 1750. The summed E-state index contributed by atoms with van der Waals surface area (Å²) in [4.78, 5) is 4.42. The van der Waals surface area contributed by atoms with Crippen molar-refractivity contribution in [2.45, 2.75) is 31.0 Å². The average Bonchev–Trinajstić information content (AvgIpc) is 3.54. The molecule has 2 aromatic carbocycles. The Labute approximate surface area is 225 Å². The molecule has 0 fully saturated rings. The minimum absolute atomic E-state index is 0.00868. The second-order valence-corrected chi connectivity index (χ2v) is 10.9. The summed E-state index contributed by atoms with van der Waals surface area (Å²) in [6.45, 7) is 1.33. The van der Waals surface area contributed by atoms with Crippen LogP contribution < -0.4 is 4.31 Å². The summed E-state index contributed by atoms with van der Waals surface area (Å²) in [5.41, 5.74) is 0.100. The van der Waals surface area contributed by atoms with E-state index in [1.807, 2.05) is 0 Å². The number of rotatable bonds is 7. The van der Waals surface area contributed by atoms with Crippen LogP contribution in [0.2, 0.25) is 5.02 Å². The van der Waals surface area contributed by atoms with E-state index in [1.54, 1.807) is 64.9 Å². The van der Waals surface area contributed by atoms with Gasteiger partial charge >= 0.3 is 6.18 Å². The molecule has 202 valence electrons. The number of hydrogen-bond donors (Lipinski definition) is 0. The van der Waals surface area contributed by atoms with Crippen LogP contribution in [0.4, 0.5) is 23.4 Å². The van der Waals surface area contributed by atoms with E-state index in [-0.39, 0.29) is 16.3 Å². The summed E-state index contributed by atoms with van der Waals surface area (Å²) in [7, 11) is -4.33. The van der Waals surface area contributed by atoms with Crippen molar-refractivity contribution in [3.63, 3.8) is 0 Å². The van der Waals surface area contributed by atoms with Crippen LogP contribution in [-0.2, 0) is 29.2 Å². The van der Waals surface area contributed by atoms with E-state index in [0.29, 0.717) is 40.6 Å². The minimum atomic E-state index is -4.89. The molecule has 0 aliphatic carbocycles. The first-order valence-corrected chi connectivity index (χ1v) is 13.5. The third-order valence-electron chi connectivity index (χ3n) is 6.09. The first kappa shape index (κ1) is 26.7. The number of anilines is 1. The first-order chi connectivity index (χ1) is 18.5. The molecule has 5 aromatic rings. The quantitative estimate of drug-likeness (QED) is 0.213. The van der Waals surface area contributed by atoms with Crippen molar-refractivity contribution in [2.24, 2.45) is 0 Å². The lowest BCUT2D eigenvalue weighted by Crippen LogP contribution is -2.32. The van der Waals surface area contributed by atoms with Crippen molar-refractivity contribution in [3.05, 3.63) is 107 Å². The molecule has 5 rings (SSSR count). The Balaban J connectivity index is 1.64. The molecule has 0 amide bonds. The van der Waals surface area contributed by atoms with Crippen molar-refractivity contribution in [1.82, 2.24) is 19.2 Å². The van der Waals surface area contributed by atoms with Gasteiger partial charge in [-0.3, -0.25) is 0 Å². The maximum Gasteiger partial charge on any atom is 0.419 e. The van der Waals surface area contributed by atoms with E-state index < -0.39 is 34.1 Å². The summed E-state index contributed by atoms with van der Waals surface area (Å²) in [6.07, 6.45) is 0.332. The highest BCUT2D eigenvalue weighted by Gasteiger charge is 2.35. The third-order valence-corrected chi connectivity index (χ3v) is 8.06. The Hall–Kier alpha value is -3.90. The predicted octanol–water partition coefficient (Wildman–Crippen LogP) is 6.29. The minimum Gasteiger partial charge on any atom is -0.300 e. The molecular formula is C26H20ClF4N5O2S. The summed E-state index contributed by atoms with van der Waals surface area (Å²) in [5, 5.41) is 4.52. The van der Waals surface area contributed by atoms with Gasteiger partial charge in [0.05, 0.1) is 33.4 Å². The topological polar surface area (TPSA) is 72.5 Å². The number of sulfonamides is 1. The van der Waals surface area contributed by atoms with Gasteiger partial charge in [0.15, 0.2) is 5.82 Å². The number of hydrogen-bond acceptors (Lipinski definition) is 4. The van der Waals surface area contributed by atoms with Crippen molar-refractivity contribution in [2.75, 3.05) is 4.31 Å². The smallest absolute Gasteiger partial charge is 0.300 e. The average molecular weight is 578 g/mol. The standard InChI is InChI=1S/C26H20ClF4N5O2S/c1-2-23-25(33-24-11-5-18(27)16-34(23)24)36(15-17-4-10-21(22(28)14-17)26(29,30)31)39(37,38)20-8-6-19(7-9-20)35-13-3-12-32-35/h3-14,16H,2,15H2,1H3. The lowest BCUT2D eigenvalue weighted by Gasteiger charge is -2.24. The van der Waals surface area contributed by atoms with Crippen molar-refractivity contribution >= 4 is 33.1 Å². The Kier molecular flexibility index (Phi) is 6.85. The second kappa shape index (κ2) is 10.0. The van der Waals surface area contributed by atoms with E-state index in [4.69, 9.17) is 11.6 Å². The largest absolute Gasteiger partial charge is 0.419 e. The molecule has 7 nitrogen and oxygen atoms in total. The summed E-state index contributed by atoms with van der Waals surface area (Å²) < 4.78 is 86.0. The lowest BCUT2D eigenvalue weighted by atomic mass is 10.1. The van der Waals surface area contributed by atoms with E-state index >= 15 is 0 Å². The van der Waals surface area contributed by atoms with Gasteiger partial charge < -0.3 is 4.40 Å². The molecule has 13 heteroatoms. The maximum absolute atomic E-state index is 14.4. The zero-order valence-electron chi connectivity index (χ0n) is 20.3. The molecule has 3 heterocycles. The van der Waals surface area contributed by atoms with Crippen LogP contribution in [0.25, 0.3) is 11.3 Å². The molecule has 0 spiro atoms. The SMILES string of the molecule is CCc1c(N(Cc2ccc(C(F)(F)F)c(F)c2)S(=O)(=O)c2ccc(-n3cccn3)cc2)nc2ccc(Cl)cn12. The summed E-state index contributed by atoms with van der Waals surface area (Å²) in [6, 6.07) is 13.2. The number of halogens is 5. The van der Waals surface area contributed by atoms with Crippen LogP contribution in [0.15, 0.2) is 84.1 Å². The molecule has 0 aliphatic heterocycles. The third kappa shape index (κ3) is 5.09. The molecule has 0 atom stereocenters. The van der Waals surface area contributed by atoms with E-state index in [1.165, 1.54) is 12.1 Å². The number of fused-ring (bicyclic) bond motifs is 1. The van der Waals surface area contributed by atoms with E-state index in [9.17, 15) is 26.0 Å². The van der Waals surface area contributed by atoms with Crippen molar-refractivity contribution < 1.29 is 26.0 Å². The van der Waals surface area contributed by atoms with E-state index in [2.05, 4.69) is 10.1 Å². The fourth-order valence-corrected chi connectivity index (χ4v) is 5.82. The van der Waals surface area contributed by atoms with E-state index in [0.717, 1.165) is 10.4 Å². The Morgan fingerprint density at radius 1 is 1.05 bits per heavy atom. The fraction of sp³-hybridized carbons (Fsp3) is 0.154. The van der Waals surface area contributed by atoms with Gasteiger partial charge in [-0.15, -0.1) is 0 Å². The monoisotopic (exact) mass is 577 g/mol. The number of nitrogens with zero attached hydrogens (tertiary/aromatic N) is 5. The van der Waals surface area contributed by atoms with Crippen molar-refractivity contribution in [1.29, 1.82) is 0 Å². The normalized spacial score (nSPS) is 12.3. The number of imidazole rings is 1. The van der Waals surface area contributed by atoms with Crippen LogP contribution in [-0.4, -0.2) is 27.6 Å². The van der Waals surface area contributed by atoms with Gasteiger partial charge in [0.25, 0.3) is 10.0 Å². The van der Waals surface area contributed by atoms with Crippen LogP contribution >= 0.6 is 11.6 Å². The Morgan fingerprint density at radius 2 is 1.79 bits per heavy atom. The van der Waals surface area contributed by atoms with Crippen LogP contribution in [0.3, 0.4) is 0 Å². The molecule has 3 aromatic heterocycles. The van der Waals surface area contributed by atoms with Gasteiger partial charge in [0.2, 0.25) is 0 Å². The first-order valence-electron chi connectivity index (χ1n) is 11.6. The molecule has 0 radical (unpaired) electrons. The molecular weight excluding hydrogens is 558 g/mol. The number of aryl methyl sites for hydroxylation is 1. The number of aromatic nitrogens is 4. The summed E-state index contributed by atoms with van der Waals surface area (Å²) in [5.74, 6) is -1.45. The zero-order chi connectivity index (χ0) is 27.9. The van der Waals surface area contributed by atoms with Crippen molar-refractivity contribution in [3.8, 4) is 5.69 Å². The molecule has 0 aliphatic rings. The Morgan fingerprint density at radius 3 is 2.41 bits per heavy atom. The van der Waals surface area contributed by atoms with Gasteiger partial charge in [-0.2, -0.15) is 18.3 Å².